The van der Waals surface area contributed by atoms with Gasteiger partial charge in [-0.1, -0.05) is 0 Å². The second-order valence-corrected chi connectivity index (χ2v) is 3.46. The smallest absolute Gasteiger partial charge is 0.160 e. The van der Waals surface area contributed by atoms with E-state index in [1.54, 1.807) is 0 Å². The highest BCUT2D eigenvalue weighted by atomic mass is 127. The average molecular weight is 322 g/mol. The molecule has 1 heterocycles. The Labute approximate surface area is 70.0 Å². The van der Waals surface area contributed by atoms with E-state index in [1.165, 1.54) is 0 Å². The fourth-order valence-electron chi connectivity index (χ4n) is 0.340. The van der Waals surface area contributed by atoms with Gasteiger partial charge >= 0.3 is 0 Å². The molecule has 1 unspecified atom stereocenters. The molecule has 0 aromatic carbocycles. The van der Waals surface area contributed by atoms with Gasteiger partial charge < -0.3 is 5.32 Å². The number of nitrogens with zero attached hydrogens (tertiary/aromatic N) is 1. The van der Waals surface area contributed by atoms with E-state index in [4.69, 9.17) is 0 Å². The third-order valence-electron chi connectivity index (χ3n) is 0.667. The first kappa shape index (κ1) is 5.93. The van der Waals surface area contributed by atoms with E-state index in [-0.39, 0.29) is 0 Å². The Hall–Kier alpha value is 0.800. The first-order valence-corrected chi connectivity index (χ1v) is 4.02. The van der Waals surface area contributed by atoms with Crippen LogP contribution in [0.3, 0.4) is 0 Å². The molecular weight excluding hydrogens is 318 g/mol. The van der Waals surface area contributed by atoms with Gasteiger partial charge in [-0.15, -0.1) is 0 Å². The van der Waals surface area contributed by atoms with Gasteiger partial charge in [-0.3, -0.25) is 3.11 Å². The molecule has 40 valence electrons. The predicted molar refractivity (Wildman–Crippen MR) is 45.9 cm³/mol. The molecule has 7 heavy (non-hydrogen) atoms. The number of hydrogen-bond donors (Lipinski definition) is 1. The van der Waals surface area contributed by atoms with E-state index in [2.05, 4.69) is 53.9 Å². The van der Waals surface area contributed by atoms with Gasteiger partial charge in [0.25, 0.3) is 0 Å². The summed E-state index contributed by atoms with van der Waals surface area (Å²) in [7, 11) is 0. The van der Waals surface area contributed by atoms with Crippen LogP contribution in [0.2, 0.25) is 0 Å². The molecule has 0 aromatic rings. The van der Waals surface area contributed by atoms with Crippen molar-refractivity contribution < 1.29 is 0 Å². The van der Waals surface area contributed by atoms with Gasteiger partial charge in [0.1, 0.15) is 0 Å². The van der Waals surface area contributed by atoms with E-state index in [0.717, 1.165) is 0 Å². The van der Waals surface area contributed by atoms with E-state index >= 15 is 0 Å². The summed E-state index contributed by atoms with van der Waals surface area (Å²) in [6.45, 7) is 0. The maximum atomic E-state index is 3.09. The van der Waals surface area contributed by atoms with Crippen LogP contribution in [0.15, 0.2) is 12.4 Å². The molecule has 1 aliphatic rings. The normalized spacial score (nSPS) is 28.3. The van der Waals surface area contributed by atoms with Crippen molar-refractivity contribution in [2.45, 2.75) is 4.17 Å². The maximum Gasteiger partial charge on any atom is 0.160 e. The summed E-state index contributed by atoms with van der Waals surface area (Å²) in [6, 6.07) is 0. The molecule has 0 aromatic heterocycles. The molecule has 0 saturated heterocycles. The number of hydrogen-bond acceptors (Lipinski definition) is 2. The molecule has 4 heteroatoms. The molecule has 1 rings (SSSR count). The van der Waals surface area contributed by atoms with Crippen molar-refractivity contribution >= 4 is 45.5 Å². The molecule has 0 radical (unpaired) electrons. The zero-order valence-corrected chi connectivity index (χ0v) is 7.75. The van der Waals surface area contributed by atoms with E-state index in [0.29, 0.717) is 4.17 Å². The summed E-state index contributed by atoms with van der Waals surface area (Å²) in [5.41, 5.74) is 0. The van der Waals surface area contributed by atoms with Crippen LogP contribution >= 0.6 is 45.5 Å². The van der Waals surface area contributed by atoms with Gasteiger partial charge in [0.2, 0.25) is 0 Å². The van der Waals surface area contributed by atoms with Crippen LogP contribution in [-0.4, -0.2) is 7.29 Å². The molecule has 0 fully saturated rings. The summed E-state index contributed by atoms with van der Waals surface area (Å²) in [5, 5.41) is 3.09. The zero-order valence-electron chi connectivity index (χ0n) is 3.44. The lowest BCUT2D eigenvalue weighted by atomic mass is 11.0. The fraction of sp³-hybridized carbons (Fsp3) is 0.333. The number of rotatable bonds is 0. The lowest BCUT2D eigenvalue weighted by molar-refractivity contribution is 0.646. The molecule has 1 aliphatic heterocycles. The highest BCUT2D eigenvalue weighted by Crippen LogP contribution is 2.15. The van der Waals surface area contributed by atoms with E-state index in [9.17, 15) is 0 Å². The lowest BCUT2D eigenvalue weighted by Crippen LogP contribution is -2.20. The summed E-state index contributed by atoms with van der Waals surface area (Å²) in [6.07, 6.45) is 3.93. The minimum Gasteiger partial charge on any atom is -0.361 e. The van der Waals surface area contributed by atoms with Crippen molar-refractivity contribution in [3.05, 3.63) is 12.4 Å². The molecule has 2 nitrogen and oxygen atoms in total. The summed E-state index contributed by atoms with van der Waals surface area (Å²) in [5.74, 6) is 0. The largest absolute Gasteiger partial charge is 0.361 e. The van der Waals surface area contributed by atoms with Gasteiger partial charge in [0.15, 0.2) is 4.17 Å². The quantitative estimate of drug-likeness (QED) is 0.314. The average Bonchev–Trinajstić information content (AvgIpc) is 1.91. The first-order chi connectivity index (χ1) is 3.30. The SMILES string of the molecule is IC1NC=CN1I. The van der Waals surface area contributed by atoms with Crippen molar-refractivity contribution in [2.24, 2.45) is 0 Å². The molecule has 0 amide bonds. The Morgan fingerprint density at radius 2 is 2.43 bits per heavy atom. The molecule has 1 atom stereocenters. The summed E-state index contributed by atoms with van der Waals surface area (Å²) >= 11 is 4.54. The first-order valence-electron chi connectivity index (χ1n) is 1.81. The highest BCUT2D eigenvalue weighted by molar-refractivity contribution is 14.1. The van der Waals surface area contributed by atoms with Crippen LogP contribution in [-0.2, 0) is 0 Å². The van der Waals surface area contributed by atoms with Crippen molar-refractivity contribution in [1.29, 1.82) is 0 Å². The number of halogens is 2. The molecule has 0 saturated carbocycles. The fourth-order valence-corrected chi connectivity index (χ4v) is 1.06. The van der Waals surface area contributed by atoms with Crippen molar-refractivity contribution in [2.75, 3.05) is 0 Å². The third-order valence-corrected chi connectivity index (χ3v) is 3.57. The lowest BCUT2D eigenvalue weighted by Gasteiger charge is -2.09. The van der Waals surface area contributed by atoms with Crippen molar-refractivity contribution in [1.82, 2.24) is 8.43 Å². The molecule has 0 aliphatic carbocycles. The Bertz CT molecular complexity index is 92.9. The minimum absolute atomic E-state index is 0.443. The Morgan fingerprint density at radius 3 is 2.57 bits per heavy atom. The topological polar surface area (TPSA) is 15.3 Å². The highest BCUT2D eigenvalue weighted by Gasteiger charge is 2.09. The van der Waals surface area contributed by atoms with Gasteiger partial charge in [0.05, 0.1) is 22.9 Å². The minimum atomic E-state index is 0.443. The van der Waals surface area contributed by atoms with Crippen molar-refractivity contribution in [3.63, 3.8) is 0 Å². The van der Waals surface area contributed by atoms with E-state index in [1.807, 2.05) is 12.4 Å². The van der Waals surface area contributed by atoms with Crippen LogP contribution < -0.4 is 5.32 Å². The predicted octanol–water partition coefficient (Wildman–Crippen LogP) is 1.43. The van der Waals surface area contributed by atoms with Crippen molar-refractivity contribution in [3.8, 4) is 0 Å². The molecule has 0 bridgehead atoms. The molecule has 1 N–H and O–H groups in total. The van der Waals surface area contributed by atoms with Gasteiger partial charge in [-0.05, 0) is 22.6 Å². The van der Waals surface area contributed by atoms with Crippen LogP contribution in [0.4, 0.5) is 0 Å². The second-order valence-electron chi connectivity index (χ2n) is 1.16. The summed E-state index contributed by atoms with van der Waals surface area (Å²) < 4.78 is 2.51. The Morgan fingerprint density at radius 1 is 1.71 bits per heavy atom. The monoisotopic (exact) mass is 322 g/mol. The Kier molecular flexibility index (Phi) is 2.02. The second kappa shape index (κ2) is 2.38. The Balaban J connectivity index is 2.45. The van der Waals surface area contributed by atoms with Gasteiger partial charge in [0, 0.05) is 12.4 Å². The third kappa shape index (κ3) is 1.34. The molecular formula is C3H4I2N2. The summed E-state index contributed by atoms with van der Waals surface area (Å²) in [4.78, 5) is 0. The number of alkyl halides is 1. The van der Waals surface area contributed by atoms with Crippen LogP contribution in [0.5, 0.6) is 0 Å². The van der Waals surface area contributed by atoms with Crippen LogP contribution in [0, 0.1) is 0 Å². The van der Waals surface area contributed by atoms with E-state index < -0.39 is 0 Å². The standard InChI is InChI=1S/C3H4I2N2/c4-3-6-1-2-7(3)5/h1-3,6H. The van der Waals surface area contributed by atoms with Crippen LogP contribution in [0.1, 0.15) is 0 Å². The van der Waals surface area contributed by atoms with Crippen LogP contribution in [0.25, 0.3) is 0 Å². The number of nitrogens with one attached hydrogen (secondary N) is 1. The molecule has 0 spiro atoms. The van der Waals surface area contributed by atoms with Gasteiger partial charge in [-0.2, -0.15) is 0 Å². The zero-order chi connectivity index (χ0) is 5.28. The van der Waals surface area contributed by atoms with Gasteiger partial charge in [-0.25, -0.2) is 0 Å². The maximum absolute atomic E-state index is 3.09.